The molecular formula is C16H29IN6. The summed E-state index contributed by atoms with van der Waals surface area (Å²) in [6.07, 6.45) is 7.28. The van der Waals surface area contributed by atoms with Crippen molar-refractivity contribution in [2.24, 2.45) is 29.8 Å². The molecule has 1 aromatic rings. The Morgan fingerprint density at radius 1 is 1.39 bits per heavy atom. The first-order valence-electron chi connectivity index (χ1n) is 8.51. The number of halogens is 1. The highest BCUT2D eigenvalue weighted by atomic mass is 127. The van der Waals surface area contributed by atoms with Crippen molar-refractivity contribution in [3.8, 4) is 0 Å². The van der Waals surface area contributed by atoms with Crippen LogP contribution in [0.15, 0.2) is 11.3 Å². The van der Waals surface area contributed by atoms with Crippen LogP contribution >= 0.6 is 24.0 Å². The molecule has 0 saturated heterocycles. The van der Waals surface area contributed by atoms with Crippen LogP contribution in [-0.2, 0) is 13.6 Å². The predicted molar refractivity (Wildman–Crippen MR) is 103 cm³/mol. The third kappa shape index (κ3) is 5.06. The molecule has 2 saturated carbocycles. The van der Waals surface area contributed by atoms with Crippen molar-refractivity contribution in [1.82, 2.24) is 25.0 Å². The molecule has 3 rings (SSSR count). The van der Waals surface area contributed by atoms with Gasteiger partial charge in [-0.2, -0.15) is 5.10 Å². The highest BCUT2D eigenvalue weighted by Crippen LogP contribution is 2.49. The summed E-state index contributed by atoms with van der Waals surface area (Å²) in [7, 11) is 4.00. The number of rotatable bonds is 7. The third-order valence-electron chi connectivity index (χ3n) is 4.79. The molecule has 1 N–H and O–H groups in total. The van der Waals surface area contributed by atoms with Gasteiger partial charge >= 0.3 is 0 Å². The topological polar surface area (TPSA) is 58.3 Å². The van der Waals surface area contributed by atoms with Crippen molar-refractivity contribution in [2.75, 3.05) is 20.1 Å². The lowest BCUT2D eigenvalue weighted by Gasteiger charge is -2.22. The largest absolute Gasteiger partial charge is 0.357 e. The molecular weight excluding hydrogens is 403 g/mol. The van der Waals surface area contributed by atoms with E-state index in [1.165, 1.54) is 25.7 Å². The van der Waals surface area contributed by atoms with Gasteiger partial charge in [-0.25, -0.2) is 4.98 Å². The zero-order valence-corrected chi connectivity index (χ0v) is 16.7. The summed E-state index contributed by atoms with van der Waals surface area (Å²) in [6, 6.07) is 0. The van der Waals surface area contributed by atoms with E-state index in [4.69, 9.17) is 4.99 Å². The summed E-state index contributed by atoms with van der Waals surface area (Å²) in [5, 5.41) is 7.54. The number of hydrogen-bond donors (Lipinski definition) is 1. The zero-order chi connectivity index (χ0) is 15.5. The van der Waals surface area contributed by atoms with E-state index in [-0.39, 0.29) is 24.0 Å². The Labute approximate surface area is 156 Å². The summed E-state index contributed by atoms with van der Waals surface area (Å²) in [5.41, 5.74) is 0. The fourth-order valence-corrected chi connectivity index (χ4v) is 3.14. The second-order valence-electron chi connectivity index (χ2n) is 6.69. The van der Waals surface area contributed by atoms with Gasteiger partial charge in [0, 0.05) is 27.2 Å². The van der Waals surface area contributed by atoms with E-state index in [9.17, 15) is 0 Å². The van der Waals surface area contributed by atoms with E-state index in [1.54, 1.807) is 6.33 Å². The van der Waals surface area contributed by atoms with Gasteiger partial charge in [-0.05, 0) is 50.4 Å². The number of nitrogens with zero attached hydrogens (tertiary/aromatic N) is 5. The SMILES string of the molecule is CCNC(=NCC(C1CC1)C1CC1)N(C)Cc1ncnn1C.I. The molecule has 0 aliphatic heterocycles. The minimum absolute atomic E-state index is 0. The van der Waals surface area contributed by atoms with Crippen LogP contribution in [0, 0.1) is 17.8 Å². The highest BCUT2D eigenvalue weighted by molar-refractivity contribution is 14.0. The molecule has 0 radical (unpaired) electrons. The van der Waals surface area contributed by atoms with Crippen LogP contribution in [0.5, 0.6) is 0 Å². The first-order chi connectivity index (χ1) is 10.7. The third-order valence-corrected chi connectivity index (χ3v) is 4.79. The summed E-state index contributed by atoms with van der Waals surface area (Å²) in [5.74, 6) is 4.65. The molecule has 0 unspecified atom stereocenters. The summed E-state index contributed by atoms with van der Waals surface area (Å²) < 4.78 is 1.82. The van der Waals surface area contributed by atoms with Gasteiger partial charge in [0.25, 0.3) is 0 Å². The van der Waals surface area contributed by atoms with E-state index in [0.29, 0.717) is 0 Å². The molecule has 2 aliphatic carbocycles. The lowest BCUT2D eigenvalue weighted by molar-refractivity contribution is 0.406. The van der Waals surface area contributed by atoms with Crippen LogP contribution in [-0.4, -0.2) is 45.8 Å². The molecule has 130 valence electrons. The maximum Gasteiger partial charge on any atom is 0.194 e. The fourth-order valence-electron chi connectivity index (χ4n) is 3.14. The summed E-state index contributed by atoms with van der Waals surface area (Å²) in [6.45, 7) is 4.70. The van der Waals surface area contributed by atoms with Crippen molar-refractivity contribution in [3.05, 3.63) is 12.2 Å². The second kappa shape index (κ2) is 8.30. The van der Waals surface area contributed by atoms with Gasteiger partial charge in [-0.1, -0.05) is 0 Å². The number of aryl methyl sites for hydroxylation is 1. The summed E-state index contributed by atoms with van der Waals surface area (Å²) in [4.78, 5) is 11.4. The van der Waals surface area contributed by atoms with E-state index in [2.05, 4.69) is 34.3 Å². The van der Waals surface area contributed by atoms with Crippen molar-refractivity contribution in [2.45, 2.75) is 39.2 Å². The Bertz CT molecular complexity index is 508. The van der Waals surface area contributed by atoms with Gasteiger partial charge in [0.2, 0.25) is 0 Å². The molecule has 7 heteroatoms. The first-order valence-corrected chi connectivity index (χ1v) is 8.51. The second-order valence-corrected chi connectivity index (χ2v) is 6.69. The minimum atomic E-state index is 0. The monoisotopic (exact) mass is 432 g/mol. The number of aliphatic imine (C=N–C) groups is 1. The van der Waals surface area contributed by atoms with Gasteiger partial charge < -0.3 is 10.2 Å². The van der Waals surface area contributed by atoms with Crippen LogP contribution in [0.1, 0.15) is 38.4 Å². The van der Waals surface area contributed by atoms with Crippen LogP contribution in [0.2, 0.25) is 0 Å². The van der Waals surface area contributed by atoms with Gasteiger partial charge in [-0.15, -0.1) is 24.0 Å². The molecule has 0 bridgehead atoms. The maximum absolute atomic E-state index is 4.92. The van der Waals surface area contributed by atoms with Gasteiger partial charge in [-0.3, -0.25) is 9.67 Å². The Balaban J connectivity index is 0.00000192. The molecule has 0 aromatic carbocycles. The smallest absolute Gasteiger partial charge is 0.194 e. The quantitative estimate of drug-likeness (QED) is 0.408. The van der Waals surface area contributed by atoms with Crippen LogP contribution in [0.3, 0.4) is 0 Å². The van der Waals surface area contributed by atoms with Crippen molar-refractivity contribution in [1.29, 1.82) is 0 Å². The molecule has 1 aromatic heterocycles. The Kier molecular flexibility index (Phi) is 6.67. The van der Waals surface area contributed by atoms with E-state index in [1.807, 2.05) is 11.7 Å². The molecule has 0 spiro atoms. The van der Waals surface area contributed by atoms with Crippen LogP contribution in [0.4, 0.5) is 0 Å². The minimum Gasteiger partial charge on any atom is -0.357 e. The first kappa shape index (κ1) is 18.5. The summed E-state index contributed by atoms with van der Waals surface area (Å²) >= 11 is 0. The Hall–Kier alpha value is -0.860. The number of nitrogens with one attached hydrogen (secondary N) is 1. The van der Waals surface area contributed by atoms with Gasteiger partial charge in [0.05, 0.1) is 6.54 Å². The lowest BCUT2D eigenvalue weighted by Crippen LogP contribution is -2.39. The highest BCUT2D eigenvalue weighted by Gasteiger charge is 2.41. The van der Waals surface area contributed by atoms with Gasteiger partial charge in [0.15, 0.2) is 5.96 Å². The lowest BCUT2D eigenvalue weighted by atomic mass is 9.98. The van der Waals surface area contributed by atoms with Crippen LogP contribution < -0.4 is 5.32 Å². The standard InChI is InChI=1S/C16H28N6.HI/c1-4-17-16(21(2)10-15-19-11-20-22(15)3)18-9-14(12-5-6-12)13-7-8-13;/h11-14H,4-10H2,1-3H3,(H,17,18);1H. The van der Waals surface area contributed by atoms with E-state index >= 15 is 0 Å². The molecule has 0 amide bonds. The average Bonchev–Trinajstić information content (AvgIpc) is 3.40. The molecule has 2 fully saturated rings. The molecule has 2 aliphatic rings. The molecule has 23 heavy (non-hydrogen) atoms. The normalized spacial score (nSPS) is 18.0. The number of hydrogen-bond acceptors (Lipinski definition) is 3. The molecule has 6 nitrogen and oxygen atoms in total. The molecule has 1 heterocycles. The van der Waals surface area contributed by atoms with Crippen LogP contribution in [0.25, 0.3) is 0 Å². The van der Waals surface area contributed by atoms with Gasteiger partial charge in [0.1, 0.15) is 12.2 Å². The van der Waals surface area contributed by atoms with Crippen molar-refractivity contribution in [3.63, 3.8) is 0 Å². The molecule has 0 atom stereocenters. The Morgan fingerprint density at radius 3 is 2.52 bits per heavy atom. The fraction of sp³-hybridized carbons (Fsp3) is 0.812. The Morgan fingerprint density at radius 2 is 2.04 bits per heavy atom. The predicted octanol–water partition coefficient (Wildman–Crippen LogP) is 2.27. The van der Waals surface area contributed by atoms with Crippen molar-refractivity contribution >= 4 is 29.9 Å². The van der Waals surface area contributed by atoms with E-state index < -0.39 is 0 Å². The zero-order valence-electron chi connectivity index (χ0n) is 14.4. The van der Waals surface area contributed by atoms with E-state index in [0.717, 1.165) is 49.2 Å². The number of aromatic nitrogens is 3. The van der Waals surface area contributed by atoms with Crippen molar-refractivity contribution < 1.29 is 0 Å². The maximum atomic E-state index is 4.92. The average molecular weight is 432 g/mol. The number of guanidine groups is 1.